The van der Waals surface area contributed by atoms with Gasteiger partial charge in [0, 0.05) is 22.5 Å². The highest BCUT2D eigenvalue weighted by atomic mass is 32.1. The Morgan fingerprint density at radius 2 is 2.10 bits per heavy atom. The zero-order valence-electron chi connectivity index (χ0n) is 11.9. The summed E-state index contributed by atoms with van der Waals surface area (Å²) in [6.07, 6.45) is 0. The quantitative estimate of drug-likeness (QED) is 0.869. The van der Waals surface area contributed by atoms with Gasteiger partial charge in [-0.1, -0.05) is 26.0 Å². The van der Waals surface area contributed by atoms with E-state index in [4.69, 9.17) is 0 Å². The normalized spacial score (nSPS) is 11.3. The molecule has 2 aromatic rings. The molecule has 1 aromatic heterocycles. The van der Waals surface area contributed by atoms with Gasteiger partial charge >= 0.3 is 5.97 Å². The maximum atomic E-state index is 11.2. The average Bonchev–Trinajstić information content (AvgIpc) is 2.90. The van der Waals surface area contributed by atoms with Gasteiger partial charge in [-0.05, 0) is 36.1 Å². The molecular formula is C16H19NO2S. The molecule has 0 aliphatic carbocycles. The summed E-state index contributed by atoms with van der Waals surface area (Å²) in [6.45, 7) is 6.96. The van der Waals surface area contributed by atoms with Gasteiger partial charge in [0.1, 0.15) is 0 Å². The van der Waals surface area contributed by atoms with Crippen LogP contribution in [-0.4, -0.2) is 17.6 Å². The molecule has 0 bridgehead atoms. The minimum atomic E-state index is -0.901. The molecule has 0 saturated heterocycles. The highest BCUT2D eigenvalue weighted by molar-refractivity contribution is 7.10. The van der Waals surface area contributed by atoms with Crippen molar-refractivity contribution in [2.45, 2.75) is 26.2 Å². The number of carboxylic acid groups (broad SMARTS) is 1. The third-order valence-corrected chi connectivity index (χ3v) is 4.55. The fraction of sp³-hybridized carbons (Fsp3) is 0.312. The predicted octanol–water partition coefficient (Wildman–Crippen LogP) is 4.14. The van der Waals surface area contributed by atoms with Crippen LogP contribution in [0, 0.1) is 6.92 Å². The number of anilines is 1. The van der Waals surface area contributed by atoms with Crippen LogP contribution in [0.1, 0.15) is 34.6 Å². The van der Waals surface area contributed by atoms with E-state index in [1.807, 2.05) is 25.1 Å². The summed E-state index contributed by atoms with van der Waals surface area (Å²) in [5, 5.41) is 14.6. The SMILES string of the molecule is Cc1ccc(C(=O)O)c(NCC(C)(C)c2cccs2)c1. The van der Waals surface area contributed by atoms with E-state index in [-0.39, 0.29) is 5.41 Å². The van der Waals surface area contributed by atoms with Crippen molar-refractivity contribution in [3.05, 3.63) is 51.7 Å². The minimum absolute atomic E-state index is 0.0340. The molecular weight excluding hydrogens is 270 g/mol. The van der Waals surface area contributed by atoms with Crippen LogP contribution in [0.25, 0.3) is 0 Å². The molecule has 0 aliphatic heterocycles. The molecule has 0 amide bonds. The molecule has 0 atom stereocenters. The van der Waals surface area contributed by atoms with Crippen LogP contribution in [0.15, 0.2) is 35.7 Å². The second-order valence-corrected chi connectivity index (χ2v) is 6.52. The van der Waals surface area contributed by atoms with Crippen LogP contribution in [-0.2, 0) is 5.41 Å². The van der Waals surface area contributed by atoms with Crippen LogP contribution in [0.2, 0.25) is 0 Å². The van der Waals surface area contributed by atoms with E-state index in [0.29, 0.717) is 17.8 Å². The largest absolute Gasteiger partial charge is 0.478 e. The van der Waals surface area contributed by atoms with Crippen LogP contribution < -0.4 is 5.32 Å². The van der Waals surface area contributed by atoms with Gasteiger partial charge < -0.3 is 10.4 Å². The van der Waals surface area contributed by atoms with E-state index in [2.05, 4.69) is 30.6 Å². The van der Waals surface area contributed by atoms with Gasteiger partial charge in [-0.25, -0.2) is 4.79 Å². The van der Waals surface area contributed by atoms with Crippen molar-refractivity contribution in [2.24, 2.45) is 0 Å². The standard InChI is InChI=1S/C16H19NO2S/c1-11-6-7-12(15(18)19)13(9-11)17-10-16(2,3)14-5-4-8-20-14/h4-9,17H,10H2,1-3H3,(H,18,19). The summed E-state index contributed by atoms with van der Waals surface area (Å²) >= 11 is 1.72. The average molecular weight is 289 g/mol. The third kappa shape index (κ3) is 3.20. The van der Waals surface area contributed by atoms with Gasteiger partial charge in [0.2, 0.25) is 0 Å². The highest BCUT2D eigenvalue weighted by Crippen LogP contribution is 2.28. The van der Waals surface area contributed by atoms with Gasteiger partial charge in [-0.2, -0.15) is 0 Å². The molecule has 3 nitrogen and oxygen atoms in total. The van der Waals surface area contributed by atoms with Gasteiger partial charge in [0.25, 0.3) is 0 Å². The van der Waals surface area contributed by atoms with Crippen molar-refractivity contribution in [1.82, 2.24) is 0 Å². The lowest BCUT2D eigenvalue weighted by Gasteiger charge is -2.25. The Kier molecular flexibility index (Phi) is 4.14. The minimum Gasteiger partial charge on any atom is -0.478 e. The summed E-state index contributed by atoms with van der Waals surface area (Å²) in [5.74, 6) is -0.901. The number of hydrogen-bond acceptors (Lipinski definition) is 3. The van der Waals surface area contributed by atoms with Crippen LogP contribution >= 0.6 is 11.3 Å². The monoisotopic (exact) mass is 289 g/mol. The van der Waals surface area contributed by atoms with Crippen LogP contribution in [0.3, 0.4) is 0 Å². The summed E-state index contributed by atoms with van der Waals surface area (Å²) in [6, 6.07) is 9.50. The molecule has 2 N–H and O–H groups in total. The smallest absolute Gasteiger partial charge is 0.337 e. The Hall–Kier alpha value is -1.81. The topological polar surface area (TPSA) is 49.3 Å². The molecule has 4 heteroatoms. The van der Waals surface area contributed by atoms with Crippen molar-refractivity contribution in [1.29, 1.82) is 0 Å². The fourth-order valence-electron chi connectivity index (χ4n) is 2.06. The number of hydrogen-bond donors (Lipinski definition) is 2. The number of aryl methyl sites for hydroxylation is 1. The lowest BCUT2D eigenvalue weighted by molar-refractivity contribution is 0.0698. The van der Waals surface area contributed by atoms with Gasteiger partial charge in [-0.15, -0.1) is 11.3 Å². The van der Waals surface area contributed by atoms with E-state index < -0.39 is 5.97 Å². The van der Waals surface area contributed by atoms with Crippen molar-refractivity contribution < 1.29 is 9.90 Å². The maximum absolute atomic E-state index is 11.2. The van der Waals surface area contributed by atoms with E-state index in [1.54, 1.807) is 17.4 Å². The van der Waals surface area contributed by atoms with Crippen molar-refractivity contribution in [3.8, 4) is 0 Å². The zero-order chi connectivity index (χ0) is 14.8. The summed E-state index contributed by atoms with van der Waals surface area (Å²) in [4.78, 5) is 12.5. The van der Waals surface area contributed by atoms with Crippen LogP contribution in [0.5, 0.6) is 0 Å². The van der Waals surface area contributed by atoms with Gasteiger partial charge in [0.05, 0.1) is 5.56 Å². The predicted molar refractivity (Wildman–Crippen MR) is 84.0 cm³/mol. The maximum Gasteiger partial charge on any atom is 0.337 e. The molecule has 0 saturated carbocycles. The summed E-state index contributed by atoms with van der Waals surface area (Å²) < 4.78 is 0. The second kappa shape index (κ2) is 5.67. The molecule has 0 spiro atoms. The van der Waals surface area contributed by atoms with E-state index in [0.717, 1.165) is 5.56 Å². The molecule has 0 aliphatic rings. The Morgan fingerprint density at radius 3 is 2.70 bits per heavy atom. The first kappa shape index (κ1) is 14.6. The Morgan fingerprint density at radius 1 is 1.35 bits per heavy atom. The van der Waals surface area contributed by atoms with Crippen molar-refractivity contribution in [3.63, 3.8) is 0 Å². The molecule has 0 unspecified atom stereocenters. The number of thiophene rings is 1. The molecule has 106 valence electrons. The number of carbonyl (C=O) groups is 1. The summed E-state index contributed by atoms with van der Waals surface area (Å²) in [7, 11) is 0. The lowest BCUT2D eigenvalue weighted by atomic mass is 9.91. The Labute approximate surface area is 123 Å². The molecule has 1 aromatic carbocycles. The number of benzene rings is 1. The molecule has 0 fully saturated rings. The van der Waals surface area contributed by atoms with Crippen LogP contribution in [0.4, 0.5) is 5.69 Å². The molecule has 2 rings (SSSR count). The van der Waals surface area contributed by atoms with Gasteiger partial charge in [-0.3, -0.25) is 0 Å². The highest BCUT2D eigenvalue weighted by Gasteiger charge is 2.22. The molecule has 20 heavy (non-hydrogen) atoms. The second-order valence-electron chi connectivity index (χ2n) is 5.57. The number of aromatic carboxylic acids is 1. The van der Waals surface area contributed by atoms with Crippen molar-refractivity contribution >= 4 is 23.0 Å². The molecule has 1 heterocycles. The lowest BCUT2D eigenvalue weighted by Crippen LogP contribution is -2.27. The number of nitrogens with one attached hydrogen (secondary N) is 1. The third-order valence-electron chi connectivity index (χ3n) is 3.31. The first-order chi connectivity index (χ1) is 9.40. The van der Waals surface area contributed by atoms with E-state index in [1.165, 1.54) is 4.88 Å². The Balaban J connectivity index is 2.19. The number of carboxylic acids is 1. The van der Waals surface area contributed by atoms with Gasteiger partial charge in [0.15, 0.2) is 0 Å². The fourth-order valence-corrected chi connectivity index (χ4v) is 2.91. The molecule has 0 radical (unpaired) electrons. The first-order valence-corrected chi connectivity index (χ1v) is 7.40. The van der Waals surface area contributed by atoms with E-state index in [9.17, 15) is 9.90 Å². The zero-order valence-corrected chi connectivity index (χ0v) is 12.8. The Bertz CT molecular complexity index is 603. The van der Waals surface area contributed by atoms with E-state index >= 15 is 0 Å². The number of rotatable bonds is 5. The van der Waals surface area contributed by atoms with Crippen molar-refractivity contribution in [2.75, 3.05) is 11.9 Å². The summed E-state index contributed by atoms with van der Waals surface area (Å²) in [5.41, 5.74) is 2.01. The first-order valence-electron chi connectivity index (χ1n) is 6.52.